The molecule has 2 aromatic carbocycles. The molecule has 3 aromatic rings. The molecule has 1 amide bonds. The van der Waals surface area contributed by atoms with E-state index in [1.807, 2.05) is 35.2 Å². The first kappa shape index (κ1) is 21.9. The van der Waals surface area contributed by atoms with Crippen LogP contribution in [0.5, 0.6) is 5.75 Å². The van der Waals surface area contributed by atoms with Crippen LogP contribution in [0, 0.1) is 11.6 Å². The van der Waals surface area contributed by atoms with Crippen molar-refractivity contribution in [3.8, 4) is 5.75 Å². The normalized spacial score (nSPS) is 14.4. The number of amides is 1. The zero-order valence-electron chi connectivity index (χ0n) is 17.7. The minimum absolute atomic E-state index is 0.0369. The van der Waals surface area contributed by atoms with E-state index in [0.717, 1.165) is 49.0 Å². The Kier molecular flexibility index (Phi) is 7.07. The summed E-state index contributed by atoms with van der Waals surface area (Å²) in [4.78, 5) is 20.8. The van der Waals surface area contributed by atoms with Crippen molar-refractivity contribution in [1.29, 1.82) is 0 Å². The van der Waals surface area contributed by atoms with Crippen LogP contribution in [0.4, 0.5) is 8.78 Å². The predicted molar refractivity (Wildman–Crippen MR) is 117 cm³/mol. The summed E-state index contributed by atoms with van der Waals surface area (Å²) in [7, 11) is 0. The summed E-state index contributed by atoms with van der Waals surface area (Å²) in [5.41, 5.74) is 2.18. The van der Waals surface area contributed by atoms with Crippen LogP contribution in [0.3, 0.4) is 0 Å². The topological polar surface area (TPSA) is 45.7 Å². The van der Waals surface area contributed by atoms with Crippen LogP contribution in [0.15, 0.2) is 67.0 Å². The maximum Gasteiger partial charge on any atom is 0.227 e. The lowest BCUT2D eigenvalue weighted by Crippen LogP contribution is -2.48. The first-order chi connectivity index (χ1) is 15.6. The molecular formula is C25H25F2N3O2. The average molecular weight is 437 g/mol. The molecule has 1 aliphatic rings. The number of halogens is 2. The number of aromatic nitrogens is 1. The van der Waals surface area contributed by atoms with E-state index in [1.165, 1.54) is 0 Å². The molecule has 0 radical (unpaired) electrons. The van der Waals surface area contributed by atoms with Crippen LogP contribution in [0.1, 0.15) is 16.7 Å². The van der Waals surface area contributed by atoms with Crippen LogP contribution in [0.25, 0.3) is 0 Å². The number of nitrogens with zero attached hydrogens (tertiary/aromatic N) is 3. The SMILES string of the molecule is O=C(Cc1cccnc1)N1CCN(Cc2cccc(OCc3cc(F)ccc3F)c2)CC1. The Morgan fingerprint density at radius 2 is 1.78 bits per heavy atom. The summed E-state index contributed by atoms with van der Waals surface area (Å²) in [6.45, 7) is 3.65. The van der Waals surface area contributed by atoms with Crippen molar-refractivity contribution in [2.24, 2.45) is 0 Å². The number of benzene rings is 2. The van der Waals surface area contributed by atoms with E-state index in [2.05, 4.69) is 9.88 Å². The first-order valence-corrected chi connectivity index (χ1v) is 10.6. The van der Waals surface area contributed by atoms with Gasteiger partial charge in [-0.2, -0.15) is 0 Å². The maximum absolute atomic E-state index is 13.8. The molecule has 0 N–H and O–H groups in total. The average Bonchev–Trinajstić information content (AvgIpc) is 2.81. The van der Waals surface area contributed by atoms with Gasteiger partial charge in [0.25, 0.3) is 0 Å². The smallest absolute Gasteiger partial charge is 0.227 e. The van der Waals surface area contributed by atoms with E-state index in [1.54, 1.807) is 18.5 Å². The second-order valence-electron chi connectivity index (χ2n) is 7.87. The predicted octanol–water partition coefficient (Wildman–Crippen LogP) is 3.83. The van der Waals surface area contributed by atoms with E-state index in [0.29, 0.717) is 25.3 Å². The molecule has 0 aliphatic carbocycles. The molecule has 0 bridgehead atoms. The summed E-state index contributed by atoms with van der Waals surface area (Å²) < 4.78 is 32.8. The number of rotatable bonds is 7. The Balaban J connectivity index is 1.27. The molecule has 2 heterocycles. The minimum Gasteiger partial charge on any atom is -0.489 e. The van der Waals surface area contributed by atoms with Crippen LogP contribution in [-0.4, -0.2) is 46.9 Å². The lowest BCUT2D eigenvalue weighted by Gasteiger charge is -2.34. The van der Waals surface area contributed by atoms with E-state index in [4.69, 9.17) is 4.74 Å². The van der Waals surface area contributed by atoms with Gasteiger partial charge in [0.1, 0.15) is 24.0 Å². The zero-order valence-corrected chi connectivity index (χ0v) is 17.7. The van der Waals surface area contributed by atoms with Crippen molar-refractivity contribution < 1.29 is 18.3 Å². The summed E-state index contributed by atoms with van der Waals surface area (Å²) in [5.74, 6) is -0.246. The van der Waals surface area contributed by atoms with Gasteiger partial charge < -0.3 is 9.64 Å². The molecule has 32 heavy (non-hydrogen) atoms. The molecule has 5 nitrogen and oxygen atoms in total. The van der Waals surface area contributed by atoms with Crippen molar-refractivity contribution >= 4 is 5.91 Å². The molecule has 1 aliphatic heterocycles. The van der Waals surface area contributed by atoms with E-state index in [-0.39, 0.29) is 18.1 Å². The second kappa shape index (κ2) is 10.3. The largest absolute Gasteiger partial charge is 0.489 e. The van der Waals surface area contributed by atoms with Gasteiger partial charge in [0.05, 0.1) is 6.42 Å². The number of carbonyl (C=O) groups excluding carboxylic acids is 1. The van der Waals surface area contributed by atoms with E-state index in [9.17, 15) is 13.6 Å². The van der Waals surface area contributed by atoms with E-state index < -0.39 is 11.6 Å². The molecule has 1 fully saturated rings. The van der Waals surface area contributed by atoms with Crippen molar-refractivity contribution in [2.45, 2.75) is 19.6 Å². The lowest BCUT2D eigenvalue weighted by atomic mass is 10.1. The second-order valence-corrected chi connectivity index (χ2v) is 7.87. The maximum atomic E-state index is 13.8. The van der Waals surface area contributed by atoms with Crippen LogP contribution < -0.4 is 4.74 Å². The van der Waals surface area contributed by atoms with Crippen molar-refractivity contribution in [3.63, 3.8) is 0 Å². The fourth-order valence-electron chi connectivity index (χ4n) is 3.75. The Labute approximate surface area is 186 Å². The first-order valence-electron chi connectivity index (χ1n) is 10.6. The monoisotopic (exact) mass is 437 g/mol. The third-order valence-electron chi connectivity index (χ3n) is 5.51. The molecule has 1 saturated heterocycles. The number of pyridine rings is 1. The summed E-state index contributed by atoms with van der Waals surface area (Å²) in [5, 5.41) is 0. The molecule has 1 aromatic heterocycles. The Morgan fingerprint density at radius 1 is 0.969 bits per heavy atom. The molecule has 4 rings (SSSR count). The number of hydrogen-bond donors (Lipinski definition) is 0. The van der Waals surface area contributed by atoms with Gasteiger partial charge in [0, 0.05) is 50.7 Å². The lowest BCUT2D eigenvalue weighted by molar-refractivity contribution is -0.132. The highest BCUT2D eigenvalue weighted by Gasteiger charge is 2.21. The van der Waals surface area contributed by atoms with Crippen LogP contribution in [0.2, 0.25) is 0 Å². The van der Waals surface area contributed by atoms with Gasteiger partial charge in [0.15, 0.2) is 0 Å². The summed E-state index contributed by atoms with van der Waals surface area (Å²) in [6, 6.07) is 14.7. The van der Waals surface area contributed by atoms with Crippen molar-refractivity contribution in [2.75, 3.05) is 26.2 Å². The van der Waals surface area contributed by atoms with Crippen molar-refractivity contribution in [1.82, 2.24) is 14.8 Å². The van der Waals surface area contributed by atoms with Crippen LogP contribution in [-0.2, 0) is 24.4 Å². The minimum atomic E-state index is -0.489. The van der Waals surface area contributed by atoms with Gasteiger partial charge in [-0.15, -0.1) is 0 Å². The standard InChI is InChI=1S/C25H25F2N3O2/c26-22-6-7-24(27)21(15-22)18-32-23-5-1-3-20(13-23)17-29-9-11-30(12-10-29)25(31)14-19-4-2-8-28-16-19/h1-8,13,15-16H,9-12,14,17-18H2. The third kappa shape index (κ3) is 5.88. The Bertz CT molecular complexity index is 1050. The number of piperazine rings is 1. The number of ether oxygens (including phenoxy) is 1. The molecule has 166 valence electrons. The quantitative estimate of drug-likeness (QED) is 0.564. The summed E-state index contributed by atoms with van der Waals surface area (Å²) in [6.07, 6.45) is 3.80. The van der Waals surface area contributed by atoms with Crippen molar-refractivity contribution in [3.05, 3.63) is 95.3 Å². The van der Waals surface area contributed by atoms with Gasteiger partial charge in [-0.3, -0.25) is 14.7 Å². The van der Waals surface area contributed by atoms with E-state index >= 15 is 0 Å². The highest BCUT2D eigenvalue weighted by molar-refractivity contribution is 5.78. The number of carbonyl (C=O) groups is 1. The molecular weight excluding hydrogens is 412 g/mol. The Morgan fingerprint density at radius 3 is 2.56 bits per heavy atom. The fourth-order valence-corrected chi connectivity index (χ4v) is 3.75. The van der Waals surface area contributed by atoms with Gasteiger partial charge in [0.2, 0.25) is 5.91 Å². The molecule has 0 saturated carbocycles. The Hall–Kier alpha value is -3.32. The molecule has 0 unspecified atom stereocenters. The zero-order chi connectivity index (χ0) is 22.3. The molecule has 0 spiro atoms. The molecule has 7 heteroatoms. The number of hydrogen-bond acceptors (Lipinski definition) is 4. The summed E-state index contributed by atoms with van der Waals surface area (Å²) >= 11 is 0. The fraction of sp³-hybridized carbons (Fsp3) is 0.280. The molecule has 0 atom stereocenters. The van der Waals surface area contributed by atoms with Gasteiger partial charge in [-0.25, -0.2) is 8.78 Å². The highest BCUT2D eigenvalue weighted by atomic mass is 19.1. The van der Waals surface area contributed by atoms with Crippen LogP contribution >= 0.6 is 0 Å². The van der Waals surface area contributed by atoms with Gasteiger partial charge in [-0.1, -0.05) is 18.2 Å². The highest BCUT2D eigenvalue weighted by Crippen LogP contribution is 2.19. The van der Waals surface area contributed by atoms with Gasteiger partial charge in [-0.05, 0) is 47.5 Å². The van der Waals surface area contributed by atoms with Gasteiger partial charge >= 0.3 is 0 Å². The third-order valence-corrected chi connectivity index (χ3v) is 5.51.